The summed E-state index contributed by atoms with van der Waals surface area (Å²) in [7, 11) is 3.47. The van der Waals surface area contributed by atoms with Crippen molar-refractivity contribution in [1.29, 1.82) is 0 Å². The van der Waals surface area contributed by atoms with Gasteiger partial charge < -0.3 is 29.6 Å². The molecular weight excluding hydrogens is 698 g/mol. The summed E-state index contributed by atoms with van der Waals surface area (Å²) in [5.74, 6) is 0.482. The normalized spacial score (nSPS) is 25.0. The number of esters is 2. The minimum Gasteiger partial charge on any atom is -0.495 e. The maximum absolute atomic E-state index is 13.7. The number of benzene rings is 2. The Morgan fingerprint density at radius 1 is 1.06 bits per heavy atom. The van der Waals surface area contributed by atoms with E-state index in [0.717, 1.165) is 11.1 Å². The van der Waals surface area contributed by atoms with E-state index in [9.17, 15) is 19.2 Å². The van der Waals surface area contributed by atoms with Gasteiger partial charge in [-0.1, -0.05) is 74.7 Å². The number of nitrogens with one attached hydrogen (secondary N) is 2. The molecule has 0 saturated carbocycles. The van der Waals surface area contributed by atoms with Crippen molar-refractivity contribution in [2.24, 2.45) is 17.3 Å². The summed E-state index contributed by atoms with van der Waals surface area (Å²) in [4.78, 5) is 56.1. The van der Waals surface area contributed by atoms with E-state index in [-0.39, 0.29) is 49.9 Å². The maximum Gasteiger partial charge on any atom is 0.347 e. The van der Waals surface area contributed by atoms with Crippen molar-refractivity contribution >= 4 is 35.4 Å². The molecule has 286 valence electrons. The van der Waals surface area contributed by atoms with Crippen LogP contribution in [0, 0.1) is 29.6 Å². The number of halogens is 1. The van der Waals surface area contributed by atoms with Crippen LogP contribution in [0.4, 0.5) is 0 Å². The molecule has 2 N–H and O–H groups in total. The average molecular weight is 750 g/mol. The lowest BCUT2D eigenvalue weighted by Crippen LogP contribution is -2.51. The number of carbonyl (C=O) groups is 4. The zero-order valence-electron chi connectivity index (χ0n) is 31.6. The van der Waals surface area contributed by atoms with Gasteiger partial charge in [0.05, 0.1) is 30.2 Å². The van der Waals surface area contributed by atoms with Gasteiger partial charge in [-0.05, 0) is 68.1 Å². The molecule has 0 radical (unpaired) electrons. The third-order valence-corrected chi connectivity index (χ3v) is 9.70. The number of carbonyl (C=O) groups excluding carboxylic acids is 4. The van der Waals surface area contributed by atoms with Gasteiger partial charge in [0.1, 0.15) is 24.0 Å². The Morgan fingerprint density at radius 3 is 2.40 bits per heavy atom. The molecule has 2 amide bonds. The number of cyclic esters (lactones) is 2. The van der Waals surface area contributed by atoms with E-state index in [1.807, 2.05) is 57.0 Å². The van der Waals surface area contributed by atoms with Crippen LogP contribution in [0.5, 0.6) is 5.75 Å². The molecule has 2 aliphatic heterocycles. The molecular formula is C41H52ClN3O8. The number of amides is 2. The van der Waals surface area contributed by atoms with Crippen molar-refractivity contribution in [3.8, 4) is 18.1 Å². The standard InChI is InChI=1S/C41H52ClN3O8/c1-9-19-45(7)23-27-13-16-29(17-14-27)37-36(53-37)26(4)32-11-10-12-35(46)44-31(22-28-15-18-33(50-8)30(42)21-28)38(47)43-24-41(5,6)40(49)52-34(20-25(2)3)39(48)51-32/h1,10,12-18,21,25-26,31-32,34,36-37H,11,19-20,22-24H2,2-8H3,(H,43,47)(H,44,46)/b12-10+/t26-,31+,32-,34-,36+,37+/m0/s1. The Labute approximate surface area is 318 Å². The van der Waals surface area contributed by atoms with Gasteiger partial charge in [0.15, 0.2) is 6.10 Å². The Balaban J connectivity index is 1.58. The highest BCUT2D eigenvalue weighted by Crippen LogP contribution is 2.45. The Kier molecular flexibility index (Phi) is 14.5. The Bertz CT molecular complexity index is 1680. The molecule has 6 atom stereocenters. The minimum absolute atomic E-state index is 0.00548. The molecule has 0 unspecified atom stereocenters. The number of nitrogens with zero attached hydrogens (tertiary/aromatic N) is 1. The molecule has 0 aliphatic carbocycles. The predicted molar refractivity (Wildman–Crippen MR) is 202 cm³/mol. The van der Waals surface area contributed by atoms with Gasteiger partial charge in [-0.25, -0.2) is 4.79 Å². The number of hydrogen-bond acceptors (Lipinski definition) is 9. The molecule has 1 saturated heterocycles. The lowest BCUT2D eigenvalue weighted by molar-refractivity contribution is -0.179. The summed E-state index contributed by atoms with van der Waals surface area (Å²) in [6.07, 6.45) is 6.57. The fourth-order valence-electron chi connectivity index (χ4n) is 6.16. The van der Waals surface area contributed by atoms with Gasteiger partial charge in [-0.2, -0.15) is 0 Å². The summed E-state index contributed by atoms with van der Waals surface area (Å²) in [6.45, 7) is 10.2. The fraction of sp³-hybridized carbons (Fsp3) is 0.512. The van der Waals surface area contributed by atoms with Crippen LogP contribution in [0.15, 0.2) is 54.6 Å². The van der Waals surface area contributed by atoms with E-state index < -0.39 is 47.4 Å². The first kappa shape index (κ1) is 41.4. The number of ether oxygens (including phenoxy) is 4. The molecule has 0 bridgehead atoms. The quantitative estimate of drug-likeness (QED) is 0.181. The first-order chi connectivity index (χ1) is 25.1. The summed E-state index contributed by atoms with van der Waals surface area (Å²) in [5.41, 5.74) is 1.59. The molecule has 2 aromatic carbocycles. The zero-order chi connectivity index (χ0) is 38.9. The van der Waals surface area contributed by atoms with E-state index in [1.165, 1.54) is 13.2 Å². The largest absolute Gasteiger partial charge is 0.495 e. The van der Waals surface area contributed by atoms with Crippen LogP contribution in [-0.2, 0) is 46.4 Å². The molecule has 12 heteroatoms. The van der Waals surface area contributed by atoms with Gasteiger partial charge in [0.2, 0.25) is 11.8 Å². The zero-order valence-corrected chi connectivity index (χ0v) is 32.4. The molecule has 2 heterocycles. The van der Waals surface area contributed by atoms with E-state index in [1.54, 1.807) is 38.1 Å². The monoisotopic (exact) mass is 749 g/mol. The van der Waals surface area contributed by atoms with E-state index in [4.69, 9.17) is 37.0 Å². The van der Waals surface area contributed by atoms with Crippen LogP contribution in [0.2, 0.25) is 5.02 Å². The summed E-state index contributed by atoms with van der Waals surface area (Å²) < 4.78 is 23.3. The van der Waals surface area contributed by atoms with Crippen LogP contribution >= 0.6 is 11.6 Å². The molecule has 4 rings (SSSR count). The molecule has 53 heavy (non-hydrogen) atoms. The first-order valence-corrected chi connectivity index (χ1v) is 18.3. The van der Waals surface area contributed by atoms with Crippen LogP contribution in [0.25, 0.3) is 0 Å². The molecule has 0 aromatic heterocycles. The second-order valence-corrected chi connectivity index (χ2v) is 15.4. The molecule has 0 spiro atoms. The van der Waals surface area contributed by atoms with Gasteiger partial charge in [0.25, 0.3) is 0 Å². The first-order valence-electron chi connectivity index (χ1n) is 18.0. The minimum atomic E-state index is -1.21. The Morgan fingerprint density at radius 2 is 1.75 bits per heavy atom. The van der Waals surface area contributed by atoms with E-state index in [0.29, 0.717) is 29.4 Å². The predicted octanol–water partition coefficient (Wildman–Crippen LogP) is 5.19. The Hall–Kier alpha value is -4.37. The third kappa shape index (κ3) is 11.8. The second-order valence-electron chi connectivity index (χ2n) is 15.0. The highest BCUT2D eigenvalue weighted by atomic mass is 35.5. The smallest absolute Gasteiger partial charge is 0.347 e. The van der Waals surface area contributed by atoms with Crippen LogP contribution < -0.4 is 15.4 Å². The van der Waals surface area contributed by atoms with Crippen molar-refractivity contribution in [2.75, 3.05) is 27.2 Å². The maximum atomic E-state index is 13.7. The van der Waals surface area contributed by atoms with E-state index >= 15 is 0 Å². The van der Waals surface area contributed by atoms with Crippen molar-refractivity contribution in [1.82, 2.24) is 15.5 Å². The average Bonchev–Trinajstić information content (AvgIpc) is 3.90. The SMILES string of the molecule is C#CCN(C)Cc1ccc([C@H]2O[C@@H]2[C@@H](C)[C@@H]2C/C=C/C(=O)N[C@H](Cc3ccc(OC)c(Cl)c3)C(=O)NCC(C)(C)C(=O)O[C@@H](CC(C)C)C(=O)O2)cc1. The van der Waals surface area contributed by atoms with Crippen molar-refractivity contribution < 1.29 is 38.1 Å². The number of methoxy groups -OCH3 is 1. The lowest BCUT2D eigenvalue weighted by atomic mass is 9.92. The van der Waals surface area contributed by atoms with Crippen LogP contribution in [-0.4, -0.2) is 80.3 Å². The molecule has 2 aliphatic rings. The van der Waals surface area contributed by atoms with Gasteiger partial charge in [-0.3, -0.25) is 19.3 Å². The van der Waals surface area contributed by atoms with Gasteiger partial charge in [-0.15, -0.1) is 6.42 Å². The van der Waals surface area contributed by atoms with Crippen molar-refractivity contribution in [3.63, 3.8) is 0 Å². The van der Waals surface area contributed by atoms with Gasteiger partial charge >= 0.3 is 11.9 Å². The van der Waals surface area contributed by atoms with Crippen LogP contribution in [0.3, 0.4) is 0 Å². The van der Waals surface area contributed by atoms with Crippen molar-refractivity contribution in [2.45, 2.75) is 90.9 Å². The highest BCUT2D eigenvalue weighted by molar-refractivity contribution is 6.32. The fourth-order valence-corrected chi connectivity index (χ4v) is 6.44. The molecule has 1 fully saturated rings. The number of epoxide rings is 1. The summed E-state index contributed by atoms with van der Waals surface area (Å²) in [5, 5.41) is 5.92. The molecule has 11 nitrogen and oxygen atoms in total. The van der Waals surface area contributed by atoms with Gasteiger partial charge in [0, 0.05) is 31.8 Å². The lowest BCUT2D eigenvalue weighted by Gasteiger charge is -2.29. The third-order valence-electron chi connectivity index (χ3n) is 9.40. The topological polar surface area (TPSA) is 136 Å². The molecule has 2 aromatic rings. The second kappa shape index (κ2) is 18.6. The number of hydrogen-bond donors (Lipinski definition) is 2. The summed E-state index contributed by atoms with van der Waals surface area (Å²) >= 11 is 6.34. The number of rotatable bonds is 11. The van der Waals surface area contributed by atoms with Crippen molar-refractivity contribution in [3.05, 3.63) is 76.3 Å². The summed E-state index contributed by atoms with van der Waals surface area (Å²) in [6, 6.07) is 12.3. The van der Waals surface area contributed by atoms with E-state index in [2.05, 4.69) is 16.6 Å². The number of terminal acetylenes is 1. The van der Waals surface area contributed by atoms with Crippen LogP contribution in [0.1, 0.15) is 70.3 Å². The highest BCUT2D eigenvalue weighted by Gasteiger charge is 2.48.